The van der Waals surface area contributed by atoms with Crippen LogP contribution in [0, 0.1) is 0 Å². The molecule has 4 rings (SSSR count). The van der Waals surface area contributed by atoms with Crippen LogP contribution in [0.3, 0.4) is 0 Å². The smallest absolute Gasteiger partial charge is 0.335 e. The van der Waals surface area contributed by atoms with Crippen molar-refractivity contribution in [3.05, 3.63) is 92.3 Å². The zero-order chi connectivity index (χ0) is 24.1. The zero-order valence-electron chi connectivity index (χ0n) is 18.2. The number of amides is 1. The van der Waals surface area contributed by atoms with Gasteiger partial charge in [0.15, 0.2) is 0 Å². The van der Waals surface area contributed by atoms with Crippen molar-refractivity contribution in [3.8, 4) is 5.75 Å². The van der Waals surface area contributed by atoms with Gasteiger partial charge in [-0.05, 0) is 40.8 Å². The number of carbonyl (C=O) groups is 2. The minimum Gasteiger partial charge on any atom is -0.497 e. The Balaban J connectivity index is 1.39. The van der Waals surface area contributed by atoms with Crippen LogP contribution in [0.1, 0.15) is 37.7 Å². The van der Waals surface area contributed by atoms with Gasteiger partial charge in [-0.25, -0.2) is 9.78 Å². The molecule has 0 saturated heterocycles. The van der Waals surface area contributed by atoms with Gasteiger partial charge >= 0.3 is 5.97 Å². The second kappa shape index (κ2) is 10.3. The van der Waals surface area contributed by atoms with Gasteiger partial charge in [-0.2, -0.15) is 0 Å². The standard InChI is InChI=1S/C24H21N3O6S/c1-32-18-8-4-14(5-9-18)10-25-22(29)20-26-21(28)19-17(13-34-23(19)27-20)12-33-11-15-2-6-16(7-3-15)24(30)31/h2-9,13H,10-12H2,1H3,(H,25,29)(H,30,31)(H,26,27,28). The number of hydrogen-bond donors (Lipinski definition) is 3. The highest BCUT2D eigenvalue weighted by atomic mass is 32.1. The highest BCUT2D eigenvalue weighted by Crippen LogP contribution is 2.22. The number of methoxy groups -OCH3 is 1. The van der Waals surface area contributed by atoms with E-state index >= 15 is 0 Å². The molecule has 0 saturated carbocycles. The minimum absolute atomic E-state index is 0.0566. The van der Waals surface area contributed by atoms with Crippen molar-refractivity contribution in [2.45, 2.75) is 19.8 Å². The molecule has 2 heterocycles. The molecule has 34 heavy (non-hydrogen) atoms. The fraction of sp³-hybridized carbons (Fsp3) is 0.167. The van der Waals surface area contributed by atoms with E-state index < -0.39 is 17.4 Å². The molecular weight excluding hydrogens is 458 g/mol. The summed E-state index contributed by atoms with van der Waals surface area (Å²) in [6.45, 7) is 0.713. The molecule has 0 atom stereocenters. The first-order valence-corrected chi connectivity index (χ1v) is 11.1. The van der Waals surface area contributed by atoms with E-state index in [2.05, 4.69) is 15.3 Å². The van der Waals surface area contributed by atoms with E-state index in [1.165, 1.54) is 23.5 Å². The summed E-state index contributed by atoms with van der Waals surface area (Å²) in [5.41, 5.74) is 2.15. The van der Waals surface area contributed by atoms with E-state index in [0.29, 0.717) is 15.8 Å². The molecule has 0 bridgehead atoms. The van der Waals surface area contributed by atoms with Gasteiger partial charge in [-0.1, -0.05) is 24.3 Å². The quantitative estimate of drug-likeness (QED) is 0.336. The van der Waals surface area contributed by atoms with Crippen molar-refractivity contribution in [1.29, 1.82) is 0 Å². The number of aromatic carboxylic acids is 1. The molecule has 0 aliphatic carbocycles. The number of aromatic nitrogens is 2. The topological polar surface area (TPSA) is 131 Å². The van der Waals surface area contributed by atoms with Crippen LogP contribution in [0.25, 0.3) is 10.2 Å². The normalized spacial score (nSPS) is 10.9. The molecule has 0 fully saturated rings. The molecule has 0 aliphatic rings. The lowest BCUT2D eigenvalue weighted by atomic mass is 10.1. The van der Waals surface area contributed by atoms with Crippen LogP contribution in [0.15, 0.2) is 58.7 Å². The number of ether oxygens (including phenoxy) is 2. The third-order valence-corrected chi connectivity index (χ3v) is 6.00. The Morgan fingerprint density at radius 3 is 2.44 bits per heavy atom. The Hall–Kier alpha value is -4.02. The number of hydrogen-bond acceptors (Lipinski definition) is 7. The highest BCUT2D eigenvalue weighted by Gasteiger charge is 2.15. The number of carbonyl (C=O) groups excluding carboxylic acids is 1. The average Bonchev–Trinajstić information content (AvgIpc) is 3.26. The summed E-state index contributed by atoms with van der Waals surface area (Å²) in [6.07, 6.45) is 0. The largest absolute Gasteiger partial charge is 0.497 e. The summed E-state index contributed by atoms with van der Waals surface area (Å²) >= 11 is 1.26. The molecule has 0 aliphatic heterocycles. The maximum atomic E-state index is 12.7. The Morgan fingerprint density at radius 2 is 1.76 bits per heavy atom. The molecule has 4 aromatic rings. The summed E-state index contributed by atoms with van der Waals surface area (Å²) in [7, 11) is 1.58. The monoisotopic (exact) mass is 479 g/mol. The molecule has 3 N–H and O–H groups in total. The van der Waals surface area contributed by atoms with Crippen molar-refractivity contribution in [2.75, 3.05) is 7.11 Å². The van der Waals surface area contributed by atoms with E-state index in [-0.39, 0.29) is 31.1 Å². The van der Waals surface area contributed by atoms with Gasteiger partial charge < -0.3 is 24.9 Å². The highest BCUT2D eigenvalue weighted by molar-refractivity contribution is 7.16. The van der Waals surface area contributed by atoms with Crippen LogP contribution in [-0.2, 0) is 24.5 Å². The lowest BCUT2D eigenvalue weighted by molar-refractivity contribution is 0.0696. The Kier molecular flexibility index (Phi) is 7.00. The average molecular weight is 480 g/mol. The maximum Gasteiger partial charge on any atom is 0.335 e. The van der Waals surface area contributed by atoms with E-state index in [0.717, 1.165) is 16.9 Å². The summed E-state index contributed by atoms with van der Waals surface area (Å²) in [5.74, 6) is -0.803. The number of carboxylic acid groups (broad SMARTS) is 1. The summed E-state index contributed by atoms with van der Waals surface area (Å²) < 4.78 is 10.8. The predicted octanol–water partition coefficient (Wildman–Crippen LogP) is 3.34. The molecular formula is C24H21N3O6S. The number of aromatic amines is 1. The van der Waals surface area contributed by atoms with Crippen LogP contribution >= 0.6 is 11.3 Å². The van der Waals surface area contributed by atoms with Crippen molar-refractivity contribution in [3.63, 3.8) is 0 Å². The molecule has 1 amide bonds. The molecule has 9 nitrogen and oxygen atoms in total. The summed E-state index contributed by atoms with van der Waals surface area (Å²) in [5, 5.41) is 13.9. The Labute approximate surface area is 198 Å². The number of fused-ring (bicyclic) bond motifs is 1. The predicted molar refractivity (Wildman–Crippen MR) is 126 cm³/mol. The van der Waals surface area contributed by atoms with Crippen LogP contribution < -0.4 is 15.6 Å². The van der Waals surface area contributed by atoms with E-state index in [1.807, 2.05) is 12.1 Å². The lowest BCUT2D eigenvalue weighted by Gasteiger charge is -2.06. The molecule has 2 aromatic heterocycles. The lowest BCUT2D eigenvalue weighted by Crippen LogP contribution is -2.27. The minimum atomic E-state index is -0.988. The van der Waals surface area contributed by atoms with Gasteiger partial charge in [-0.15, -0.1) is 11.3 Å². The van der Waals surface area contributed by atoms with Gasteiger partial charge in [0.1, 0.15) is 10.6 Å². The first kappa shape index (κ1) is 23.1. The zero-order valence-corrected chi connectivity index (χ0v) is 19.0. The number of nitrogens with zero attached hydrogens (tertiary/aromatic N) is 1. The Morgan fingerprint density at radius 1 is 1.06 bits per heavy atom. The third-order valence-electron chi connectivity index (χ3n) is 5.07. The van der Waals surface area contributed by atoms with Gasteiger partial charge in [0.25, 0.3) is 11.5 Å². The van der Waals surface area contributed by atoms with E-state index in [4.69, 9.17) is 14.6 Å². The Bertz CT molecular complexity index is 1380. The molecule has 10 heteroatoms. The number of carboxylic acids is 1. The number of rotatable bonds is 9. The van der Waals surface area contributed by atoms with Crippen LogP contribution in [0.4, 0.5) is 0 Å². The van der Waals surface area contributed by atoms with Crippen LogP contribution in [0.5, 0.6) is 5.75 Å². The van der Waals surface area contributed by atoms with Gasteiger partial charge in [-0.3, -0.25) is 9.59 Å². The fourth-order valence-electron chi connectivity index (χ4n) is 3.25. The second-order valence-corrected chi connectivity index (χ2v) is 8.24. The number of benzene rings is 2. The van der Waals surface area contributed by atoms with Gasteiger partial charge in [0.05, 0.1) is 31.3 Å². The molecule has 0 unspecified atom stereocenters. The van der Waals surface area contributed by atoms with Crippen LogP contribution in [0.2, 0.25) is 0 Å². The van der Waals surface area contributed by atoms with Gasteiger partial charge in [0.2, 0.25) is 5.82 Å². The molecule has 0 spiro atoms. The second-order valence-electron chi connectivity index (χ2n) is 7.38. The molecule has 174 valence electrons. The number of thiophene rings is 1. The molecule has 2 aromatic carbocycles. The van der Waals surface area contributed by atoms with Crippen molar-refractivity contribution < 1.29 is 24.2 Å². The van der Waals surface area contributed by atoms with Crippen molar-refractivity contribution in [2.24, 2.45) is 0 Å². The summed E-state index contributed by atoms with van der Waals surface area (Å²) in [4.78, 5) is 43.4. The first-order chi connectivity index (χ1) is 16.4. The maximum absolute atomic E-state index is 12.7. The first-order valence-electron chi connectivity index (χ1n) is 10.3. The SMILES string of the molecule is COc1ccc(CNC(=O)c2nc3scc(COCc4ccc(C(=O)O)cc4)c3c(=O)[nH]2)cc1. The molecule has 0 radical (unpaired) electrons. The number of nitrogens with one attached hydrogen (secondary N) is 2. The van der Waals surface area contributed by atoms with Gasteiger partial charge in [0, 0.05) is 12.1 Å². The van der Waals surface area contributed by atoms with E-state index in [9.17, 15) is 14.4 Å². The fourth-order valence-corrected chi connectivity index (χ4v) is 4.18. The van der Waals surface area contributed by atoms with Crippen LogP contribution in [-0.4, -0.2) is 34.1 Å². The van der Waals surface area contributed by atoms with Crippen molar-refractivity contribution >= 4 is 33.4 Å². The third kappa shape index (κ3) is 5.30. The summed E-state index contributed by atoms with van der Waals surface area (Å²) in [6, 6.07) is 13.7. The number of H-pyrrole nitrogens is 1. The van der Waals surface area contributed by atoms with Crippen molar-refractivity contribution in [1.82, 2.24) is 15.3 Å². The van der Waals surface area contributed by atoms with E-state index in [1.54, 1.807) is 36.8 Å².